The van der Waals surface area contributed by atoms with Gasteiger partial charge in [-0.1, -0.05) is 198 Å². The van der Waals surface area contributed by atoms with E-state index in [4.69, 9.17) is 28.4 Å². The molecule has 15 heteroatoms. The average Bonchev–Trinajstić information content (AvgIpc) is 3.38. The van der Waals surface area contributed by atoms with Gasteiger partial charge in [-0.05, 0) is 51.4 Å². The molecule has 426 valence electrons. The fourth-order valence-electron chi connectivity index (χ4n) is 9.11. The van der Waals surface area contributed by atoms with Gasteiger partial charge in [0.2, 0.25) is 0 Å². The summed E-state index contributed by atoms with van der Waals surface area (Å²) < 4.78 is 33.7. The topological polar surface area (TPSA) is 231 Å². The smallest absolute Gasteiger partial charge is 0.306 e. The minimum absolute atomic E-state index is 0.141. The molecule has 0 spiro atoms. The number of esters is 2. The first-order valence-electron chi connectivity index (χ1n) is 29.1. The number of aliphatic hydroxyl groups is 7. The highest BCUT2D eigenvalue weighted by Crippen LogP contribution is 2.27. The van der Waals surface area contributed by atoms with Gasteiger partial charge < -0.3 is 64.2 Å². The van der Waals surface area contributed by atoms with Crippen LogP contribution in [0.5, 0.6) is 0 Å². The van der Waals surface area contributed by atoms with Crippen molar-refractivity contribution in [1.82, 2.24) is 0 Å². The SMILES string of the molecule is CCCCC/C=C/C/C=C/C/C=C/CCCCCCC(=O)O[C@@H](COC(=O)CCCCCCCCCCCCCCCCCCCCCC)CO[C@@H]1O[C@H](CO[C@@H]2O[C@H](CO)[C@H](O)C(O)C2O)[C@H](O)C(O)C1O. The highest BCUT2D eigenvalue weighted by atomic mass is 16.7. The van der Waals surface area contributed by atoms with E-state index in [0.29, 0.717) is 12.8 Å². The normalized spacial score (nSPS) is 25.1. The molecule has 0 aliphatic carbocycles. The Morgan fingerprint density at radius 3 is 1.32 bits per heavy atom. The van der Waals surface area contributed by atoms with Crippen molar-refractivity contribution in [3.63, 3.8) is 0 Å². The van der Waals surface area contributed by atoms with Gasteiger partial charge >= 0.3 is 11.9 Å². The van der Waals surface area contributed by atoms with Crippen molar-refractivity contribution in [2.75, 3.05) is 26.4 Å². The third kappa shape index (κ3) is 32.2. The molecule has 11 atom stereocenters. The highest BCUT2D eigenvalue weighted by molar-refractivity contribution is 5.70. The zero-order valence-corrected chi connectivity index (χ0v) is 45.4. The number of hydrogen-bond acceptors (Lipinski definition) is 15. The second kappa shape index (κ2) is 44.8. The molecular formula is C58H104O15. The third-order valence-electron chi connectivity index (χ3n) is 13.9. The Morgan fingerprint density at radius 1 is 0.438 bits per heavy atom. The van der Waals surface area contributed by atoms with Gasteiger partial charge in [0, 0.05) is 12.8 Å². The average molecular weight is 1040 g/mol. The van der Waals surface area contributed by atoms with Crippen LogP contribution in [0.2, 0.25) is 0 Å². The van der Waals surface area contributed by atoms with Crippen LogP contribution in [0, 0.1) is 0 Å². The van der Waals surface area contributed by atoms with Gasteiger partial charge in [0.1, 0.15) is 55.4 Å². The Kier molecular flexibility index (Phi) is 41.0. The fraction of sp³-hybridized carbons (Fsp3) is 0.862. The van der Waals surface area contributed by atoms with Crippen molar-refractivity contribution in [3.05, 3.63) is 36.5 Å². The van der Waals surface area contributed by atoms with Crippen LogP contribution in [0.15, 0.2) is 36.5 Å². The Hall–Kier alpha value is -2.28. The zero-order valence-electron chi connectivity index (χ0n) is 45.4. The van der Waals surface area contributed by atoms with Gasteiger partial charge in [0.25, 0.3) is 0 Å². The van der Waals surface area contributed by atoms with E-state index in [9.17, 15) is 45.3 Å². The fourth-order valence-corrected chi connectivity index (χ4v) is 9.11. The van der Waals surface area contributed by atoms with E-state index in [1.807, 2.05) is 0 Å². The molecule has 2 heterocycles. The van der Waals surface area contributed by atoms with Crippen LogP contribution in [0.25, 0.3) is 0 Å². The predicted molar refractivity (Wildman–Crippen MR) is 284 cm³/mol. The molecule has 2 aliphatic rings. The monoisotopic (exact) mass is 1040 g/mol. The summed E-state index contributed by atoms with van der Waals surface area (Å²) in [4.78, 5) is 25.9. The van der Waals surface area contributed by atoms with Crippen LogP contribution in [0.3, 0.4) is 0 Å². The summed E-state index contributed by atoms with van der Waals surface area (Å²) in [6.45, 7) is 2.58. The van der Waals surface area contributed by atoms with E-state index in [-0.39, 0.29) is 26.1 Å². The van der Waals surface area contributed by atoms with Crippen LogP contribution >= 0.6 is 0 Å². The molecule has 2 aliphatic heterocycles. The van der Waals surface area contributed by atoms with Crippen molar-refractivity contribution in [2.24, 2.45) is 0 Å². The summed E-state index contributed by atoms with van der Waals surface area (Å²) in [5, 5.41) is 72.3. The molecule has 73 heavy (non-hydrogen) atoms. The maximum atomic E-state index is 13.0. The molecule has 2 fully saturated rings. The summed E-state index contributed by atoms with van der Waals surface area (Å²) in [6.07, 6.45) is 33.1. The second-order valence-electron chi connectivity index (χ2n) is 20.5. The van der Waals surface area contributed by atoms with Crippen molar-refractivity contribution in [1.29, 1.82) is 0 Å². The lowest BCUT2D eigenvalue weighted by Gasteiger charge is -2.42. The lowest BCUT2D eigenvalue weighted by molar-refractivity contribution is -0.332. The zero-order chi connectivity index (χ0) is 53.2. The van der Waals surface area contributed by atoms with E-state index < -0.39 is 92.7 Å². The molecule has 0 aromatic rings. The van der Waals surface area contributed by atoms with Crippen LogP contribution in [-0.4, -0.2) is 142 Å². The molecule has 15 nitrogen and oxygen atoms in total. The third-order valence-corrected chi connectivity index (χ3v) is 13.9. The summed E-state index contributed by atoms with van der Waals surface area (Å²) in [5.41, 5.74) is 0. The second-order valence-corrected chi connectivity index (χ2v) is 20.5. The number of unbranched alkanes of at least 4 members (excludes halogenated alkanes) is 26. The molecule has 2 saturated heterocycles. The van der Waals surface area contributed by atoms with E-state index in [1.54, 1.807) is 0 Å². The minimum atomic E-state index is -1.77. The van der Waals surface area contributed by atoms with Gasteiger partial charge in [-0.3, -0.25) is 9.59 Å². The van der Waals surface area contributed by atoms with Gasteiger partial charge in [-0.15, -0.1) is 0 Å². The first kappa shape index (κ1) is 66.8. The largest absolute Gasteiger partial charge is 0.462 e. The van der Waals surface area contributed by atoms with Gasteiger partial charge in [0.15, 0.2) is 18.7 Å². The highest BCUT2D eigenvalue weighted by Gasteiger charge is 2.47. The van der Waals surface area contributed by atoms with Gasteiger partial charge in [0.05, 0.1) is 19.8 Å². The molecule has 4 unspecified atom stereocenters. The summed E-state index contributed by atoms with van der Waals surface area (Å²) >= 11 is 0. The van der Waals surface area contributed by atoms with Gasteiger partial charge in [-0.25, -0.2) is 0 Å². The van der Waals surface area contributed by atoms with E-state index in [1.165, 1.54) is 122 Å². The molecule has 0 bridgehead atoms. The number of rotatable bonds is 46. The van der Waals surface area contributed by atoms with Crippen molar-refractivity contribution >= 4 is 11.9 Å². The summed E-state index contributed by atoms with van der Waals surface area (Å²) in [6, 6.07) is 0. The quantitative estimate of drug-likeness (QED) is 0.0171. The summed E-state index contributed by atoms with van der Waals surface area (Å²) in [5.74, 6) is -0.940. The molecule has 0 aromatic carbocycles. The maximum Gasteiger partial charge on any atom is 0.306 e. The molecular weight excluding hydrogens is 937 g/mol. The molecule has 0 amide bonds. The standard InChI is InChI=1S/C58H104O15/c1-3-5-7-9-11-13-15-17-19-21-22-23-25-26-28-30-32-34-36-38-40-49(60)68-43-46(71-50(61)41-39-37-35-33-31-29-27-24-20-18-16-14-12-10-8-6-4-2)44-69-57-56(67)54(65)52(63)48(73-57)45-70-58-55(66)53(64)51(62)47(42-59)72-58/h12,14,18,20,27,29,46-48,51-59,62-67H,3-11,13,15-17,19,21-26,28,30-45H2,1-2H3/b14-12+,20-18+,29-27+/t46-,47+,48+,51-,52-,53?,54?,55?,56?,57+,58+/m0/s1. The number of allylic oxidation sites excluding steroid dienone is 6. The number of aliphatic hydroxyl groups excluding tert-OH is 7. The van der Waals surface area contributed by atoms with Crippen molar-refractivity contribution in [2.45, 2.75) is 293 Å². The van der Waals surface area contributed by atoms with E-state index in [2.05, 4.69) is 50.3 Å². The molecule has 0 radical (unpaired) electrons. The number of ether oxygens (including phenoxy) is 6. The van der Waals surface area contributed by atoms with Crippen LogP contribution in [0.1, 0.15) is 226 Å². The van der Waals surface area contributed by atoms with Crippen molar-refractivity contribution < 1.29 is 73.8 Å². The molecule has 0 saturated carbocycles. The lowest BCUT2D eigenvalue weighted by Crippen LogP contribution is -2.61. The number of hydrogen-bond donors (Lipinski definition) is 7. The molecule has 2 rings (SSSR count). The molecule has 7 N–H and O–H groups in total. The minimum Gasteiger partial charge on any atom is -0.462 e. The van der Waals surface area contributed by atoms with E-state index in [0.717, 1.165) is 64.2 Å². The number of carbonyl (C=O) groups is 2. The maximum absolute atomic E-state index is 13.0. The van der Waals surface area contributed by atoms with Crippen LogP contribution in [0.4, 0.5) is 0 Å². The Balaban J connectivity index is 1.76. The van der Waals surface area contributed by atoms with Crippen LogP contribution in [-0.2, 0) is 38.0 Å². The first-order valence-corrected chi connectivity index (χ1v) is 29.1. The Morgan fingerprint density at radius 2 is 0.822 bits per heavy atom. The molecule has 0 aromatic heterocycles. The van der Waals surface area contributed by atoms with Crippen LogP contribution < -0.4 is 0 Å². The lowest BCUT2D eigenvalue weighted by atomic mass is 9.98. The number of carbonyl (C=O) groups excluding carboxylic acids is 2. The Labute approximate surface area is 440 Å². The first-order chi connectivity index (χ1) is 35.5. The van der Waals surface area contributed by atoms with Gasteiger partial charge in [-0.2, -0.15) is 0 Å². The summed E-state index contributed by atoms with van der Waals surface area (Å²) in [7, 11) is 0. The predicted octanol–water partition coefficient (Wildman–Crippen LogP) is 9.66. The van der Waals surface area contributed by atoms with Crippen molar-refractivity contribution in [3.8, 4) is 0 Å². The Bertz CT molecular complexity index is 1410. The van der Waals surface area contributed by atoms with E-state index >= 15 is 0 Å².